The van der Waals surface area contributed by atoms with E-state index in [4.69, 9.17) is 4.74 Å². The fraction of sp³-hybridized carbons (Fsp3) is 0.333. The molecule has 1 amide bonds. The van der Waals surface area contributed by atoms with Crippen LogP contribution in [0.1, 0.15) is 19.0 Å². The number of nitrogens with zero attached hydrogens (tertiary/aromatic N) is 1. The van der Waals surface area contributed by atoms with Crippen LogP contribution in [0, 0.1) is 6.92 Å². The summed E-state index contributed by atoms with van der Waals surface area (Å²) in [5.74, 6) is 0.397. The van der Waals surface area contributed by atoms with E-state index in [1.54, 1.807) is 11.4 Å². The number of thiazole rings is 1. The van der Waals surface area contributed by atoms with Crippen molar-refractivity contribution in [2.45, 2.75) is 26.8 Å². The van der Waals surface area contributed by atoms with Gasteiger partial charge in [0.1, 0.15) is 12.3 Å². The number of carbonyl (C=O) groups is 1. The predicted octanol–water partition coefficient (Wildman–Crippen LogP) is 2.65. The number of anilines is 1. The summed E-state index contributed by atoms with van der Waals surface area (Å²) in [4.78, 5) is 23.6. The molecule has 5 nitrogen and oxygen atoms in total. The molecule has 0 aliphatic rings. The van der Waals surface area contributed by atoms with Crippen molar-refractivity contribution in [3.63, 3.8) is 0 Å². The van der Waals surface area contributed by atoms with Gasteiger partial charge >= 0.3 is 4.87 Å². The fourth-order valence-corrected chi connectivity index (χ4v) is 2.57. The molecule has 0 spiro atoms. The minimum Gasteiger partial charge on any atom is -0.491 e. The normalized spacial score (nSPS) is 10.4. The van der Waals surface area contributed by atoms with Gasteiger partial charge in [-0.1, -0.05) is 30.4 Å². The number of hydrogen-bond donors (Lipinski definition) is 1. The summed E-state index contributed by atoms with van der Waals surface area (Å²) in [5, 5.41) is 4.54. The Bertz CT molecular complexity index is 676. The van der Waals surface area contributed by atoms with Gasteiger partial charge in [-0.2, -0.15) is 0 Å². The first-order chi connectivity index (χ1) is 10.1. The molecule has 0 saturated carbocycles. The summed E-state index contributed by atoms with van der Waals surface area (Å²) in [6.45, 7) is 4.43. The van der Waals surface area contributed by atoms with Crippen LogP contribution in [0.15, 0.2) is 34.4 Å². The van der Waals surface area contributed by atoms with Crippen LogP contribution in [0.4, 0.5) is 5.69 Å². The van der Waals surface area contributed by atoms with Gasteiger partial charge in [0.15, 0.2) is 0 Å². The number of ether oxygens (including phenoxy) is 1. The third-order valence-electron chi connectivity index (χ3n) is 2.90. The number of benzene rings is 1. The number of hydrogen-bond acceptors (Lipinski definition) is 4. The van der Waals surface area contributed by atoms with Crippen molar-refractivity contribution in [2.24, 2.45) is 0 Å². The van der Waals surface area contributed by atoms with Crippen LogP contribution in [0.2, 0.25) is 0 Å². The zero-order valence-corrected chi connectivity index (χ0v) is 12.9. The minimum atomic E-state index is -0.244. The van der Waals surface area contributed by atoms with Gasteiger partial charge in [-0.25, -0.2) is 0 Å². The number of para-hydroxylation sites is 2. The molecule has 6 heteroatoms. The third kappa shape index (κ3) is 3.95. The fourth-order valence-electron chi connectivity index (χ4n) is 1.84. The lowest BCUT2D eigenvalue weighted by atomic mass is 10.3. The van der Waals surface area contributed by atoms with E-state index in [1.165, 1.54) is 4.57 Å². The Hall–Kier alpha value is -2.08. The van der Waals surface area contributed by atoms with E-state index in [-0.39, 0.29) is 17.3 Å². The molecule has 1 aromatic carbocycles. The summed E-state index contributed by atoms with van der Waals surface area (Å²) in [6, 6.07) is 7.28. The van der Waals surface area contributed by atoms with Crippen molar-refractivity contribution < 1.29 is 9.53 Å². The molecule has 0 unspecified atom stereocenters. The number of aromatic nitrogens is 1. The highest BCUT2D eigenvalue weighted by Gasteiger charge is 2.11. The van der Waals surface area contributed by atoms with Gasteiger partial charge in [-0.3, -0.25) is 14.2 Å². The molecule has 0 fully saturated rings. The zero-order chi connectivity index (χ0) is 15.2. The van der Waals surface area contributed by atoms with E-state index >= 15 is 0 Å². The van der Waals surface area contributed by atoms with E-state index in [1.807, 2.05) is 32.0 Å². The molecule has 0 atom stereocenters. The maximum atomic E-state index is 12.1. The number of amides is 1. The summed E-state index contributed by atoms with van der Waals surface area (Å²) < 4.78 is 7.04. The maximum Gasteiger partial charge on any atom is 0.307 e. The second-order valence-corrected chi connectivity index (χ2v) is 5.44. The van der Waals surface area contributed by atoms with Crippen LogP contribution in [-0.4, -0.2) is 17.1 Å². The Kier molecular flexibility index (Phi) is 5.16. The lowest BCUT2D eigenvalue weighted by Crippen LogP contribution is -2.25. The maximum absolute atomic E-state index is 12.1. The quantitative estimate of drug-likeness (QED) is 0.892. The Morgan fingerprint density at radius 1 is 1.38 bits per heavy atom. The molecule has 0 saturated heterocycles. The van der Waals surface area contributed by atoms with Gasteiger partial charge in [0.2, 0.25) is 5.91 Å². The Labute approximate surface area is 127 Å². The summed E-state index contributed by atoms with van der Waals surface area (Å²) in [6.07, 6.45) is 0.895. The van der Waals surface area contributed by atoms with Crippen LogP contribution in [0.5, 0.6) is 5.75 Å². The summed E-state index contributed by atoms with van der Waals surface area (Å²) in [5.41, 5.74) is 1.41. The average Bonchev–Trinajstić information content (AvgIpc) is 2.78. The second-order valence-electron chi connectivity index (χ2n) is 4.62. The van der Waals surface area contributed by atoms with Crippen molar-refractivity contribution in [1.29, 1.82) is 0 Å². The van der Waals surface area contributed by atoms with Crippen molar-refractivity contribution >= 4 is 22.9 Å². The minimum absolute atomic E-state index is 0.0102. The van der Waals surface area contributed by atoms with Gasteiger partial charge in [0, 0.05) is 11.1 Å². The van der Waals surface area contributed by atoms with Crippen LogP contribution < -0.4 is 14.9 Å². The Balaban J connectivity index is 2.08. The molecule has 0 aliphatic carbocycles. The lowest BCUT2D eigenvalue weighted by Gasteiger charge is -2.12. The standard InChI is InChI=1S/C15H18N2O3S/c1-3-8-20-13-7-5-4-6-12(13)16-14(18)9-17-11(2)10-21-15(17)19/h4-7,10H,3,8-9H2,1-2H3,(H,16,18). The average molecular weight is 306 g/mol. The highest BCUT2D eigenvalue weighted by atomic mass is 32.1. The van der Waals surface area contributed by atoms with Crippen LogP contribution >= 0.6 is 11.3 Å². The molecule has 1 heterocycles. The number of aryl methyl sites for hydroxylation is 1. The molecule has 2 aromatic rings. The van der Waals surface area contributed by atoms with Gasteiger partial charge < -0.3 is 10.1 Å². The first-order valence-electron chi connectivity index (χ1n) is 6.78. The smallest absolute Gasteiger partial charge is 0.307 e. The molecule has 1 aromatic heterocycles. The van der Waals surface area contributed by atoms with Crippen molar-refractivity contribution in [3.8, 4) is 5.75 Å². The number of carbonyl (C=O) groups excluding carboxylic acids is 1. The molecule has 2 rings (SSSR count). The summed E-state index contributed by atoms with van der Waals surface area (Å²) in [7, 11) is 0. The first-order valence-corrected chi connectivity index (χ1v) is 7.66. The number of rotatable bonds is 6. The highest BCUT2D eigenvalue weighted by molar-refractivity contribution is 7.07. The lowest BCUT2D eigenvalue weighted by molar-refractivity contribution is -0.116. The highest BCUT2D eigenvalue weighted by Crippen LogP contribution is 2.23. The van der Waals surface area contributed by atoms with Crippen LogP contribution in [-0.2, 0) is 11.3 Å². The second kappa shape index (κ2) is 7.08. The Morgan fingerprint density at radius 2 is 2.14 bits per heavy atom. The molecular formula is C15H18N2O3S. The zero-order valence-electron chi connectivity index (χ0n) is 12.1. The molecule has 0 bridgehead atoms. The van der Waals surface area contributed by atoms with E-state index in [0.717, 1.165) is 23.5 Å². The van der Waals surface area contributed by atoms with Crippen molar-refractivity contribution in [1.82, 2.24) is 4.57 Å². The molecule has 1 N–H and O–H groups in total. The topological polar surface area (TPSA) is 60.3 Å². The molecular weight excluding hydrogens is 288 g/mol. The van der Waals surface area contributed by atoms with Crippen LogP contribution in [0.25, 0.3) is 0 Å². The van der Waals surface area contributed by atoms with Crippen molar-refractivity contribution in [2.75, 3.05) is 11.9 Å². The SMILES string of the molecule is CCCOc1ccccc1NC(=O)Cn1c(C)csc1=O. The van der Waals surface area contributed by atoms with E-state index in [2.05, 4.69) is 5.32 Å². The molecule has 0 radical (unpaired) electrons. The summed E-state index contributed by atoms with van der Waals surface area (Å²) >= 11 is 1.10. The van der Waals surface area contributed by atoms with E-state index < -0.39 is 0 Å². The Morgan fingerprint density at radius 3 is 2.81 bits per heavy atom. The molecule has 0 aliphatic heterocycles. The van der Waals surface area contributed by atoms with Gasteiger partial charge in [-0.05, 0) is 25.5 Å². The van der Waals surface area contributed by atoms with Crippen LogP contribution in [0.3, 0.4) is 0 Å². The predicted molar refractivity (Wildman–Crippen MR) is 84.2 cm³/mol. The molecule has 21 heavy (non-hydrogen) atoms. The monoisotopic (exact) mass is 306 g/mol. The van der Waals surface area contributed by atoms with Gasteiger partial charge in [0.25, 0.3) is 0 Å². The third-order valence-corrected chi connectivity index (χ3v) is 3.78. The van der Waals surface area contributed by atoms with E-state index in [9.17, 15) is 9.59 Å². The van der Waals surface area contributed by atoms with E-state index in [0.29, 0.717) is 18.0 Å². The number of nitrogens with one attached hydrogen (secondary N) is 1. The van der Waals surface area contributed by atoms with Gasteiger partial charge in [-0.15, -0.1) is 0 Å². The van der Waals surface area contributed by atoms with Crippen molar-refractivity contribution in [3.05, 3.63) is 45.0 Å². The first kappa shape index (κ1) is 15.3. The van der Waals surface area contributed by atoms with Gasteiger partial charge in [0.05, 0.1) is 12.3 Å². The molecule has 112 valence electrons. The largest absolute Gasteiger partial charge is 0.491 e.